The number of rotatable bonds is 11. The maximum atomic E-state index is 12.5. The van der Waals surface area contributed by atoms with Gasteiger partial charge in [-0.25, -0.2) is 0 Å². The third-order valence-corrected chi connectivity index (χ3v) is 9.23. The van der Waals surface area contributed by atoms with E-state index in [4.69, 9.17) is 23.7 Å². The molecule has 6 heteroatoms. The average Bonchev–Trinajstić information content (AvgIpc) is 3.46. The van der Waals surface area contributed by atoms with Gasteiger partial charge in [0.25, 0.3) is 0 Å². The largest absolute Gasteiger partial charge is 0.387 e. The summed E-state index contributed by atoms with van der Waals surface area (Å²) in [5.41, 5.74) is 3.64. The highest BCUT2D eigenvalue weighted by molar-refractivity contribution is 5.47. The van der Waals surface area contributed by atoms with Gasteiger partial charge in [-0.15, -0.1) is 0 Å². The lowest BCUT2D eigenvalue weighted by atomic mass is 9.78. The van der Waals surface area contributed by atoms with Crippen LogP contribution in [-0.4, -0.2) is 47.5 Å². The molecule has 1 saturated heterocycles. The van der Waals surface area contributed by atoms with Crippen molar-refractivity contribution in [3.8, 4) is 0 Å². The van der Waals surface area contributed by atoms with E-state index in [1.807, 2.05) is 129 Å². The summed E-state index contributed by atoms with van der Waals surface area (Å²) in [7, 11) is 0. The molecular formula is C42H42O6. The average molecular weight is 643 g/mol. The first kappa shape index (κ1) is 32.4. The normalized spacial score (nSPS) is 25.0. The molecule has 1 N–H and O–H groups in total. The van der Waals surface area contributed by atoms with Gasteiger partial charge in [0.1, 0.15) is 42.2 Å². The van der Waals surface area contributed by atoms with Crippen LogP contribution in [0.5, 0.6) is 0 Å². The standard InChI is InChI=1S/C42H42O6/c1-41(2)46-39-36(44-28-30-18-8-3-9-19-30)35(43)37(38(40(39)47-41)45-29-31-20-10-4-11-21-31)48-42(32-22-12-5-13-23-32,33-24-14-6-15-25-33)34-26-16-7-17-27-34/h3-27,35-40,43H,28-29H2,1-2H3. The number of fused-ring (bicyclic) bond motifs is 1. The van der Waals surface area contributed by atoms with Gasteiger partial charge in [0.2, 0.25) is 0 Å². The molecule has 0 aromatic heterocycles. The predicted octanol–water partition coefficient (Wildman–Crippen LogP) is 7.43. The molecule has 6 nitrogen and oxygen atoms in total. The Morgan fingerprint density at radius 3 is 1.29 bits per heavy atom. The van der Waals surface area contributed by atoms with E-state index in [0.29, 0.717) is 13.2 Å². The minimum atomic E-state index is -1.14. The van der Waals surface area contributed by atoms with E-state index in [1.54, 1.807) is 0 Å². The van der Waals surface area contributed by atoms with Crippen LogP contribution in [0.4, 0.5) is 0 Å². The lowest BCUT2D eigenvalue weighted by Crippen LogP contribution is -2.66. The second-order valence-electron chi connectivity index (χ2n) is 12.9. The number of aliphatic hydroxyl groups excluding tert-OH is 1. The lowest BCUT2D eigenvalue weighted by Gasteiger charge is -2.48. The van der Waals surface area contributed by atoms with E-state index in [9.17, 15) is 5.11 Å². The molecule has 1 aliphatic carbocycles. The minimum Gasteiger partial charge on any atom is -0.387 e. The van der Waals surface area contributed by atoms with Gasteiger partial charge in [-0.3, -0.25) is 0 Å². The lowest BCUT2D eigenvalue weighted by molar-refractivity contribution is -0.253. The first-order chi connectivity index (χ1) is 23.4. The summed E-state index contributed by atoms with van der Waals surface area (Å²) >= 11 is 0. The van der Waals surface area contributed by atoms with Gasteiger partial charge < -0.3 is 28.8 Å². The van der Waals surface area contributed by atoms with E-state index in [1.165, 1.54) is 0 Å². The maximum absolute atomic E-state index is 12.5. The summed E-state index contributed by atoms with van der Waals surface area (Å²) in [5, 5.41) is 12.5. The molecule has 1 saturated carbocycles. The highest BCUT2D eigenvalue weighted by Crippen LogP contribution is 2.47. The van der Waals surface area contributed by atoms with Crippen molar-refractivity contribution in [1.29, 1.82) is 0 Å². The molecule has 1 aliphatic heterocycles. The molecule has 246 valence electrons. The van der Waals surface area contributed by atoms with Crippen molar-refractivity contribution in [2.75, 3.05) is 0 Å². The van der Waals surface area contributed by atoms with Crippen LogP contribution in [0.15, 0.2) is 152 Å². The number of aliphatic hydroxyl groups is 1. The van der Waals surface area contributed by atoms with Crippen LogP contribution in [0.2, 0.25) is 0 Å². The molecule has 5 aromatic carbocycles. The van der Waals surface area contributed by atoms with E-state index in [-0.39, 0.29) is 0 Å². The second kappa shape index (κ2) is 14.1. The fraction of sp³-hybridized carbons (Fsp3) is 0.286. The molecule has 6 unspecified atom stereocenters. The Balaban J connectivity index is 1.36. The van der Waals surface area contributed by atoms with Crippen LogP contribution in [-0.2, 0) is 42.5 Å². The summed E-state index contributed by atoms with van der Waals surface area (Å²) in [6.45, 7) is 4.37. The Labute approximate surface area is 282 Å². The highest BCUT2D eigenvalue weighted by Gasteiger charge is 2.61. The van der Waals surface area contributed by atoms with Crippen LogP contribution in [0, 0.1) is 0 Å². The van der Waals surface area contributed by atoms with Crippen LogP contribution in [0.25, 0.3) is 0 Å². The first-order valence-corrected chi connectivity index (χ1v) is 16.6. The fourth-order valence-electron chi connectivity index (χ4n) is 7.07. The van der Waals surface area contributed by atoms with E-state index < -0.39 is 48.0 Å². The van der Waals surface area contributed by atoms with Crippen molar-refractivity contribution in [2.24, 2.45) is 0 Å². The van der Waals surface area contributed by atoms with Crippen molar-refractivity contribution in [1.82, 2.24) is 0 Å². The quantitative estimate of drug-likeness (QED) is 0.151. The summed E-state index contributed by atoms with van der Waals surface area (Å²) in [6.07, 6.45) is -4.69. The first-order valence-electron chi connectivity index (χ1n) is 16.6. The minimum absolute atomic E-state index is 0.291. The van der Waals surface area contributed by atoms with E-state index in [2.05, 4.69) is 36.4 Å². The third kappa shape index (κ3) is 6.61. The molecule has 0 radical (unpaired) electrons. The molecular weight excluding hydrogens is 600 g/mol. The molecule has 5 aromatic rings. The fourth-order valence-corrected chi connectivity index (χ4v) is 7.07. The number of hydrogen-bond acceptors (Lipinski definition) is 6. The van der Waals surface area contributed by atoms with Crippen LogP contribution in [0.1, 0.15) is 41.7 Å². The molecule has 2 aliphatic rings. The molecule has 1 heterocycles. The zero-order valence-electron chi connectivity index (χ0n) is 27.3. The molecule has 0 spiro atoms. The topological polar surface area (TPSA) is 66.4 Å². The van der Waals surface area contributed by atoms with Crippen LogP contribution < -0.4 is 0 Å². The zero-order valence-corrected chi connectivity index (χ0v) is 27.3. The van der Waals surface area contributed by atoms with Gasteiger partial charge in [0.15, 0.2) is 5.79 Å². The van der Waals surface area contributed by atoms with Crippen molar-refractivity contribution < 1.29 is 28.8 Å². The third-order valence-electron chi connectivity index (χ3n) is 9.23. The molecule has 0 amide bonds. The van der Waals surface area contributed by atoms with Gasteiger partial charge in [-0.05, 0) is 41.7 Å². The predicted molar refractivity (Wildman–Crippen MR) is 184 cm³/mol. The van der Waals surface area contributed by atoms with Gasteiger partial charge in [-0.2, -0.15) is 0 Å². The summed E-state index contributed by atoms with van der Waals surface area (Å²) in [6, 6.07) is 50.4. The van der Waals surface area contributed by atoms with Crippen molar-refractivity contribution in [3.63, 3.8) is 0 Å². The molecule has 7 rings (SSSR count). The Bertz CT molecular complexity index is 1620. The maximum Gasteiger partial charge on any atom is 0.164 e. The van der Waals surface area contributed by atoms with E-state index in [0.717, 1.165) is 27.8 Å². The summed E-state index contributed by atoms with van der Waals surface area (Å²) in [4.78, 5) is 0. The van der Waals surface area contributed by atoms with Gasteiger partial charge in [0.05, 0.1) is 13.2 Å². The molecule has 0 bridgehead atoms. The van der Waals surface area contributed by atoms with Crippen LogP contribution >= 0.6 is 0 Å². The molecule has 48 heavy (non-hydrogen) atoms. The van der Waals surface area contributed by atoms with Crippen molar-refractivity contribution in [3.05, 3.63) is 179 Å². The second-order valence-corrected chi connectivity index (χ2v) is 12.9. The van der Waals surface area contributed by atoms with Crippen LogP contribution in [0.3, 0.4) is 0 Å². The number of ether oxygens (including phenoxy) is 5. The monoisotopic (exact) mass is 642 g/mol. The zero-order chi connectivity index (χ0) is 33.0. The molecule has 2 fully saturated rings. The Hall–Kier alpha value is -4.14. The Kier molecular flexibility index (Phi) is 9.55. The van der Waals surface area contributed by atoms with Crippen molar-refractivity contribution >= 4 is 0 Å². The molecule has 6 atom stereocenters. The van der Waals surface area contributed by atoms with Gasteiger partial charge >= 0.3 is 0 Å². The van der Waals surface area contributed by atoms with Gasteiger partial charge in [-0.1, -0.05) is 152 Å². The summed E-state index contributed by atoms with van der Waals surface area (Å²) < 4.78 is 34.0. The number of hydrogen-bond donors (Lipinski definition) is 1. The van der Waals surface area contributed by atoms with Crippen molar-refractivity contribution in [2.45, 2.75) is 75.1 Å². The summed E-state index contributed by atoms with van der Waals surface area (Å²) in [5.74, 6) is -0.929. The Morgan fingerprint density at radius 1 is 0.521 bits per heavy atom. The highest BCUT2D eigenvalue weighted by atomic mass is 16.8. The number of benzene rings is 5. The SMILES string of the molecule is CC1(C)OC2C(OCc3ccccc3)C(O)C(OC(c3ccccc3)(c3ccccc3)c3ccccc3)C(OCc3ccccc3)C2O1. The van der Waals surface area contributed by atoms with E-state index >= 15 is 0 Å². The Morgan fingerprint density at radius 2 is 0.875 bits per heavy atom. The van der Waals surface area contributed by atoms with Gasteiger partial charge in [0, 0.05) is 0 Å². The smallest absolute Gasteiger partial charge is 0.164 e.